The molecule has 0 N–H and O–H groups in total. The third kappa shape index (κ3) is 2.01. The Balaban J connectivity index is 2.57. The number of nitrogens with zero attached hydrogens (tertiary/aromatic N) is 2. The summed E-state index contributed by atoms with van der Waals surface area (Å²) in [5.41, 5.74) is -0.988. The van der Waals surface area contributed by atoms with Crippen molar-refractivity contribution in [3.05, 3.63) is 35.2 Å². The van der Waals surface area contributed by atoms with Gasteiger partial charge in [-0.15, -0.1) is 0 Å². The number of aromatic nitrogens is 2. The summed E-state index contributed by atoms with van der Waals surface area (Å²) in [6, 6.07) is 4.94. The fourth-order valence-electron chi connectivity index (χ4n) is 1.24. The molecule has 1 aromatic heterocycles. The van der Waals surface area contributed by atoms with Crippen LogP contribution in [0.3, 0.4) is 0 Å². The molecule has 0 amide bonds. The predicted molar refractivity (Wildman–Crippen MR) is 49.7 cm³/mol. The molecule has 16 heavy (non-hydrogen) atoms. The van der Waals surface area contributed by atoms with Gasteiger partial charge in [0.05, 0.1) is 5.56 Å². The first kappa shape index (κ1) is 10.9. The summed E-state index contributed by atoms with van der Waals surface area (Å²) in [6.07, 6.45) is -4.47. The molecule has 0 spiro atoms. The Morgan fingerprint density at radius 2 is 1.88 bits per heavy atom. The van der Waals surface area contributed by atoms with E-state index < -0.39 is 11.7 Å². The quantitative estimate of drug-likeness (QED) is 0.776. The van der Waals surface area contributed by atoms with Crippen molar-refractivity contribution in [2.24, 2.45) is 0 Å². The van der Waals surface area contributed by atoms with E-state index in [4.69, 9.17) is 11.6 Å². The lowest BCUT2D eigenvalue weighted by atomic mass is 10.1. The molecule has 0 radical (unpaired) electrons. The largest absolute Gasteiger partial charge is 0.417 e. The molecule has 7 heteroatoms. The molecule has 0 saturated carbocycles. The van der Waals surface area contributed by atoms with Gasteiger partial charge in [0.15, 0.2) is 0 Å². The second-order valence-electron chi connectivity index (χ2n) is 2.91. The summed E-state index contributed by atoms with van der Waals surface area (Å²) in [5, 5.41) is 3.04. The van der Waals surface area contributed by atoms with Crippen LogP contribution >= 0.6 is 11.6 Å². The summed E-state index contributed by atoms with van der Waals surface area (Å²) >= 11 is 5.36. The SMILES string of the molecule is FC(F)(F)c1ccccc1-c1noc(Cl)n1. The minimum absolute atomic E-state index is 0.161. The first-order valence-corrected chi connectivity index (χ1v) is 4.52. The van der Waals surface area contributed by atoms with Crippen molar-refractivity contribution >= 4 is 11.6 Å². The number of halogens is 4. The van der Waals surface area contributed by atoms with E-state index in [0.29, 0.717) is 0 Å². The van der Waals surface area contributed by atoms with E-state index in [9.17, 15) is 13.2 Å². The summed E-state index contributed by atoms with van der Waals surface area (Å²) in [7, 11) is 0. The maximum atomic E-state index is 12.6. The Hall–Kier alpha value is -1.56. The van der Waals surface area contributed by atoms with E-state index >= 15 is 0 Å². The fraction of sp³-hybridized carbons (Fsp3) is 0.111. The van der Waals surface area contributed by atoms with E-state index in [1.807, 2.05) is 0 Å². The van der Waals surface area contributed by atoms with E-state index in [0.717, 1.165) is 6.07 Å². The first-order chi connectivity index (χ1) is 7.48. The van der Waals surface area contributed by atoms with Crippen LogP contribution in [0.5, 0.6) is 0 Å². The summed E-state index contributed by atoms with van der Waals surface area (Å²) in [6.45, 7) is 0. The molecule has 2 aromatic rings. The van der Waals surface area contributed by atoms with Crippen molar-refractivity contribution in [2.45, 2.75) is 6.18 Å². The topological polar surface area (TPSA) is 38.9 Å². The Kier molecular flexibility index (Phi) is 2.59. The van der Waals surface area contributed by atoms with Gasteiger partial charge in [-0.2, -0.15) is 18.2 Å². The highest BCUT2D eigenvalue weighted by Gasteiger charge is 2.34. The van der Waals surface area contributed by atoms with Crippen LogP contribution in [0.2, 0.25) is 5.35 Å². The monoisotopic (exact) mass is 248 g/mol. The van der Waals surface area contributed by atoms with Crippen molar-refractivity contribution < 1.29 is 17.7 Å². The smallest absolute Gasteiger partial charge is 0.321 e. The molecule has 0 aliphatic carbocycles. The zero-order valence-electron chi connectivity index (χ0n) is 7.62. The molecule has 0 aliphatic rings. The Bertz CT molecular complexity index is 509. The highest BCUT2D eigenvalue weighted by Crippen LogP contribution is 2.35. The van der Waals surface area contributed by atoms with Crippen molar-refractivity contribution in [2.75, 3.05) is 0 Å². The molecule has 0 saturated heterocycles. The van der Waals surface area contributed by atoms with Gasteiger partial charge in [0.25, 0.3) is 0 Å². The van der Waals surface area contributed by atoms with Crippen LogP contribution in [0.4, 0.5) is 13.2 Å². The van der Waals surface area contributed by atoms with E-state index in [1.165, 1.54) is 18.2 Å². The van der Waals surface area contributed by atoms with Gasteiger partial charge in [0, 0.05) is 5.56 Å². The van der Waals surface area contributed by atoms with Crippen LogP contribution in [0, 0.1) is 0 Å². The van der Waals surface area contributed by atoms with Crippen LogP contribution in [0.1, 0.15) is 5.56 Å². The third-order valence-corrected chi connectivity index (χ3v) is 2.03. The molecule has 3 nitrogen and oxygen atoms in total. The average Bonchev–Trinajstić information content (AvgIpc) is 2.64. The van der Waals surface area contributed by atoms with Crippen molar-refractivity contribution in [1.82, 2.24) is 10.1 Å². The van der Waals surface area contributed by atoms with Gasteiger partial charge in [0.2, 0.25) is 5.82 Å². The highest BCUT2D eigenvalue weighted by molar-refractivity contribution is 6.27. The number of benzene rings is 1. The van der Waals surface area contributed by atoms with Gasteiger partial charge in [-0.3, -0.25) is 0 Å². The number of alkyl halides is 3. The Morgan fingerprint density at radius 3 is 2.44 bits per heavy atom. The molecular weight excluding hydrogens is 245 g/mol. The van der Waals surface area contributed by atoms with Gasteiger partial charge in [0.1, 0.15) is 0 Å². The molecular formula is C9H4ClF3N2O. The number of hydrogen-bond donors (Lipinski definition) is 0. The molecule has 2 rings (SSSR count). The maximum Gasteiger partial charge on any atom is 0.417 e. The molecule has 0 unspecified atom stereocenters. The molecule has 84 valence electrons. The van der Waals surface area contributed by atoms with E-state index in [1.54, 1.807) is 0 Å². The normalized spacial score (nSPS) is 11.8. The van der Waals surface area contributed by atoms with Crippen molar-refractivity contribution in [3.8, 4) is 11.4 Å². The number of rotatable bonds is 1. The van der Waals surface area contributed by atoms with Gasteiger partial charge in [-0.05, 0) is 17.7 Å². The maximum absolute atomic E-state index is 12.6. The van der Waals surface area contributed by atoms with Gasteiger partial charge >= 0.3 is 11.5 Å². The Labute approximate surface area is 92.8 Å². The third-order valence-electron chi connectivity index (χ3n) is 1.87. The van der Waals surface area contributed by atoms with Gasteiger partial charge < -0.3 is 4.52 Å². The zero-order chi connectivity index (χ0) is 11.8. The molecule has 0 bridgehead atoms. The molecule has 1 heterocycles. The van der Waals surface area contributed by atoms with Gasteiger partial charge in [-0.25, -0.2) is 0 Å². The van der Waals surface area contributed by atoms with E-state index in [-0.39, 0.29) is 16.7 Å². The molecule has 0 atom stereocenters. The average molecular weight is 249 g/mol. The van der Waals surface area contributed by atoms with Crippen LogP contribution in [0.15, 0.2) is 28.8 Å². The highest BCUT2D eigenvalue weighted by atomic mass is 35.5. The minimum Gasteiger partial charge on any atom is -0.321 e. The second kappa shape index (κ2) is 3.79. The summed E-state index contributed by atoms with van der Waals surface area (Å²) in [5.74, 6) is -0.182. The summed E-state index contributed by atoms with van der Waals surface area (Å²) in [4.78, 5) is 3.54. The van der Waals surface area contributed by atoms with Gasteiger partial charge in [-0.1, -0.05) is 23.4 Å². The second-order valence-corrected chi connectivity index (χ2v) is 3.24. The van der Waals surface area contributed by atoms with Crippen molar-refractivity contribution in [1.29, 1.82) is 0 Å². The van der Waals surface area contributed by atoms with E-state index in [2.05, 4.69) is 14.7 Å². The standard InChI is InChI=1S/C9H4ClF3N2O/c10-8-14-7(15-16-8)5-3-1-2-4-6(5)9(11,12)13/h1-4H. The zero-order valence-corrected chi connectivity index (χ0v) is 8.38. The molecule has 0 fully saturated rings. The molecule has 1 aromatic carbocycles. The summed E-state index contributed by atoms with van der Waals surface area (Å²) < 4.78 is 42.3. The number of hydrogen-bond acceptors (Lipinski definition) is 3. The van der Waals surface area contributed by atoms with Crippen LogP contribution in [-0.4, -0.2) is 10.1 Å². The van der Waals surface area contributed by atoms with Crippen LogP contribution < -0.4 is 0 Å². The lowest BCUT2D eigenvalue weighted by Crippen LogP contribution is -2.07. The lowest BCUT2D eigenvalue weighted by Gasteiger charge is -2.09. The van der Waals surface area contributed by atoms with Crippen LogP contribution in [-0.2, 0) is 6.18 Å². The predicted octanol–water partition coefficient (Wildman–Crippen LogP) is 3.41. The van der Waals surface area contributed by atoms with Crippen LogP contribution in [0.25, 0.3) is 11.4 Å². The molecule has 0 aliphatic heterocycles. The minimum atomic E-state index is -4.47. The lowest BCUT2D eigenvalue weighted by molar-refractivity contribution is -0.137. The fourth-order valence-corrected chi connectivity index (χ4v) is 1.35. The first-order valence-electron chi connectivity index (χ1n) is 4.14. The Morgan fingerprint density at radius 1 is 1.19 bits per heavy atom. The van der Waals surface area contributed by atoms with Crippen molar-refractivity contribution in [3.63, 3.8) is 0 Å².